The summed E-state index contributed by atoms with van der Waals surface area (Å²) in [5, 5.41) is 0. The van der Waals surface area contributed by atoms with E-state index in [1.54, 1.807) is 13.4 Å². The zero-order valence-corrected chi connectivity index (χ0v) is 12.6. The minimum absolute atomic E-state index is 0.466. The van der Waals surface area contributed by atoms with Gasteiger partial charge >= 0.3 is 0 Å². The Hall–Kier alpha value is -1.36. The number of aromatic nitrogens is 4. The van der Waals surface area contributed by atoms with Crippen LogP contribution >= 0.6 is 11.6 Å². The predicted octanol–water partition coefficient (Wildman–Crippen LogP) is 2.98. The minimum Gasteiger partial charge on any atom is -0.479 e. The SMILES string of the molecule is COc1ncnc2c1nc(CCCl)n2C1CCC(C)C1. The molecule has 0 aromatic carbocycles. The molecule has 1 saturated carbocycles. The van der Waals surface area contributed by atoms with Crippen molar-refractivity contribution in [3.8, 4) is 5.88 Å². The molecule has 0 radical (unpaired) electrons. The number of aryl methyl sites for hydroxylation is 1. The van der Waals surface area contributed by atoms with Crippen molar-refractivity contribution in [2.45, 2.75) is 38.6 Å². The summed E-state index contributed by atoms with van der Waals surface area (Å²) >= 11 is 5.92. The molecule has 20 heavy (non-hydrogen) atoms. The fourth-order valence-electron chi connectivity index (χ4n) is 3.14. The number of nitrogens with zero attached hydrogens (tertiary/aromatic N) is 4. The quantitative estimate of drug-likeness (QED) is 0.814. The van der Waals surface area contributed by atoms with Crippen LogP contribution in [-0.2, 0) is 6.42 Å². The van der Waals surface area contributed by atoms with E-state index in [2.05, 4.69) is 26.4 Å². The van der Waals surface area contributed by atoms with Gasteiger partial charge in [0.1, 0.15) is 12.2 Å². The van der Waals surface area contributed by atoms with Gasteiger partial charge < -0.3 is 9.30 Å². The van der Waals surface area contributed by atoms with Crippen molar-refractivity contribution < 1.29 is 4.74 Å². The van der Waals surface area contributed by atoms with Gasteiger partial charge in [-0.05, 0) is 25.2 Å². The third-order valence-corrected chi connectivity index (χ3v) is 4.25. The normalized spacial score (nSPS) is 22.6. The summed E-state index contributed by atoms with van der Waals surface area (Å²) in [6, 6.07) is 0.466. The van der Waals surface area contributed by atoms with Crippen LogP contribution in [0.15, 0.2) is 6.33 Å². The highest BCUT2D eigenvalue weighted by Gasteiger charge is 2.27. The van der Waals surface area contributed by atoms with Gasteiger partial charge in [-0.15, -0.1) is 11.6 Å². The standard InChI is InChI=1S/C14H19ClN4O/c1-9-3-4-10(7-9)19-11(5-6-15)18-12-13(19)16-8-17-14(12)20-2/h8-10H,3-7H2,1-2H3. The van der Waals surface area contributed by atoms with Gasteiger partial charge in [0.15, 0.2) is 11.2 Å². The molecule has 0 spiro atoms. The van der Waals surface area contributed by atoms with Crippen LogP contribution in [0, 0.1) is 5.92 Å². The summed E-state index contributed by atoms with van der Waals surface area (Å²) in [6.07, 6.45) is 5.89. The second kappa shape index (κ2) is 5.56. The molecule has 0 saturated heterocycles. The van der Waals surface area contributed by atoms with E-state index in [1.807, 2.05) is 0 Å². The average molecular weight is 295 g/mol. The molecule has 5 nitrogen and oxygen atoms in total. The topological polar surface area (TPSA) is 52.8 Å². The molecule has 0 aliphatic heterocycles. The van der Waals surface area contributed by atoms with E-state index in [0.29, 0.717) is 17.8 Å². The van der Waals surface area contributed by atoms with Gasteiger partial charge in [-0.2, -0.15) is 4.98 Å². The van der Waals surface area contributed by atoms with Crippen molar-refractivity contribution in [3.63, 3.8) is 0 Å². The molecule has 2 aromatic heterocycles. The largest absolute Gasteiger partial charge is 0.479 e. The first-order valence-corrected chi connectivity index (χ1v) is 7.59. The number of rotatable bonds is 4. The zero-order valence-electron chi connectivity index (χ0n) is 11.8. The molecule has 1 fully saturated rings. The molecular formula is C14H19ClN4O. The molecule has 108 valence electrons. The van der Waals surface area contributed by atoms with Gasteiger partial charge in [0.2, 0.25) is 5.88 Å². The van der Waals surface area contributed by atoms with Crippen LogP contribution < -0.4 is 4.74 Å². The van der Waals surface area contributed by atoms with Crippen LogP contribution in [0.2, 0.25) is 0 Å². The molecule has 0 amide bonds. The second-order valence-electron chi connectivity index (χ2n) is 5.46. The summed E-state index contributed by atoms with van der Waals surface area (Å²) in [5.74, 6) is 2.84. The van der Waals surface area contributed by atoms with E-state index in [-0.39, 0.29) is 0 Å². The number of hydrogen-bond donors (Lipinski definition) is 0. The zero-order chi connectivity index (χ0) is 14.1. The summed E-state index contributed by atoms with van der Waals surface area (Å²) in [6.45, 7) is 2.30. The Morgan fingerprint density at radius 2 is 2.25 bits per heavy atom. The first-order valence-electron chi connectivity index (χ1n) is 7.06. The Kier molecular flexibility index (Phi) is 3.78. The van der Waals surface area contributed by atoms with Gasteiger partial charge in [0, 0.05) is 18.3 Å². The maximum Gasteiger partial charge on any atom is 0.245 e. The molecule has 2 atom stereocenters. The molecule has 1 aliphatic carbocycles. The fourth-order valence-corrected chi connectivity index (χ4v) is 3.31. The van der Waals surface area contributed by atoms with Crippen LogP contribution in [0.1, 0.15) is 38.1 Å². The third-order valence-electron chi connectivity index (χ3n) is 4.06. The molecule has 6 heteroatoms. The molecule has 3 rings (SSSR count). The lowest BCUT2D eigenvalue weighted by Crippen LogP contribution is -2.11. The van der Waals surface area contributed by atoms with Crippen LogP contribution in [-0.4, -0.2) is 32.5 Å². The van der Waals surface area contributed by atoms with Crippen LogP contribution in [0.3, 0.4) is 0 Å². The van der Waals surface area contributed by atoms with E-state index >= 15 is 0 Å². The Bertz CT molecular complexity index is 612. The monoisotopic (exact) mass is 294 g/mol. The Labute approximate surface area is 123 Å². The van der Waals surface area contributed by atoms with Crippen molar-refractivity contribution in [3.05, 3.63) is 12.2 Å². The summed E-state index contributed by atoms with van der Waals surface area (Å²) in [4.78, 5) is 13.2. The number of fused-ring (bicyclic) bond motifs is 1. The lowest BCUT2D eigenvalue weighted by atomic mass is 10.1. The lowest BCUT2D eigenvalue weighted by molar-refractivity contribution is 0.401. The van der Waals surface area contributed by atoms with Crippen LogP contribution in [0.25, 0.3) is 11.2 Å². The molecule has 2 heterocycles. The Morgan fingerprint density at radius 3 is 2.90 bits per heavy atom. The van der Waals surface area contributed by atoms with E-state index in [4.69, 9.17) is 16.3 Å². The predicted molar refractivity (Wildman–Crippen MR) is 78.4 cm³/mol. The smallest absolute Gasteiger partial charge is 0.245 e. The first kappa shape index (κ1) is 13.6. The maximum absolute atomic E-state index is 5.92. The van der Waals surface area contributed by atoms with Gasteiger partial charge in [0.05, 0.1) is 7.11 Å². The van der Waals surface area contributed by atoms with E-state index in [0.717, 1.165) is 29.3 Å². The number of imidazole rings is 1. The summed E-state index contributed by atoms with van der Waals surface area (Å²) in [5.41, 5.74) is 1.62. The van der Waals surface area contributed by atoms with E-state index < -0.39 is 0 Å². The maximum atomic E-state index is 5.92. The first-order chi connectivity index (χ1) is 9.74. The van der Waals surface area contributed by atoms with Crippen molar-refractivity contribution in [2.24, 2.45) is 5.92 Å². The Balaban J connectivity index is 2.14. The second-order valence-corrected chi connectivity index (χ2v) is 5.84. The van der Waals surface area contributed by atoms with Crippen molar-refractivity contribution >= 4 is 22.8 Å². The summed E-state index contributed by atoms with van der Waals surface area (Å²) in [7, 11) is 1.61. The number of halogens is 1. The van der Waals surface area contributed by atoms with E-state index in [1.165, 1.54) is 19.3 Å². The highest BCUT2D eigenvalue weighted by molar-refractivity contribution is 6.17. The van der Waals surface area contributed by atoms with Crippen molar-refractivity contribution in [1.29, 1.82) is 0 Å². The van der Waals surface area contributed by atoms with Gasteiger partial charge in [-0.1, -0.05) is 6.92 Å². The van der Waals surface area contributed by atoms with Crippen molar-refractivity contribution in [1.82, 2.24) is 19.5 Å². The third kappa shape index (κ3) is 2.24. The lowest BCUT2D eigenvalue weighted by Gasteiger charge is -2.15. The molecule has 0 bridgehead atoms. The molecule has 0 N–H and O–H groups in total. The minimum atomic E-state index is 0.466. The number of alkyl halides is 1. The molecule has 2 unspecified atom stereocenters. The molecule has 1 aliphatic rings. The highest BCUT2D eigenvalue weighted by atomic mass is 35.5. The Morgan fingerprint density at radius 1 is 1.40 bits per heavy atom. The molecular weight excluding hydrogens is 276 g/mol. The number of ether oxygens (including phenoxy) is 1. The fraction of sp³-hybridized carbons (Fsp3) is 0.643. The average Bonchev–Trinajstić information content (AvgIpc) is 3.01. The van der Waals surface area contributed by atoms with Gasteiger partial charge in [-0.25, -0.2) is 9.97 Å². The number of methoxy groups -OCH3 is 1. The van der Waals surface area contributed by atoms with Crippen molar-refractivity contribution in [2.75, 3.05) is 13.0 Å². The molecule has 2 aromatic rings. The number of hydrogen-bond acceptors (Lipinski definition) is 4. The van der Waals surface area contributed by atoms with Gasteiger partial charge in [-0.3, -0.25) is 0 Å². The highest BCUT2D eigenvalue weighted by Crippen LogP contribution is 2.37. The van der Waals surface area contributed by atoms with E-state index in [9.17, 15) is 0 Å². The van der Waals surface area contributed by atoms with Crippen LogP contribution in [0.5, 0.6) is 5.88 Å². The van der Waals surface area contributed by atoms with Gasteiger partial charge in [0.25, 0.3) is 0 Å². The van der Waals surface area contributed by atoms with Crippen LogP contribution in [0.4, 0.5) is 0 Å². The summed E-state index contributed by atoms with van der Waals surface area (Å²) < 4.78 is 7.55.